The summed E-state index contributed by atoms with van der Waals surface area (Å²) >= 11 is 8.99. The van der Waals surface area contributed by atoms with Crippen molar-refractivity contribution < 1.29 is 9.18 Å². The molecule has 0 amide bonds. The van der Waals surface area contributed by atoms with Crippen LogP contribution in [0.2, 0.25) is 5.02 Å². The van der Waals surface area contributed by atoms with E-state index >= 15 is 0 Å². The maximum atomic E-state index is 14.1. The highest BCUT2D eigenvalue weighted by atomic mass is 79.9. The zero-order valence-corrected chi connectivity index (χ0v) is 13.4. The number of halogens is 3. The number of ketones is 1. The van der Waals surface area contributed by atoms with Crippen LogP contribution in [0, 0.1) is 5.82 Å². The van der Waals surface area contributed by atoms with Crippen molar-refractivity contribution in [3.8, 4) is 0 Å². The molecule has 2 nitrogen and oxygen atoms in total. The normalized spacial score (nSPS) is 13.5. The highest BCUT2D eigenvalue weighted by Gasteiger charge is 2.19. The average molecular weight is 369 g/mol. The smallest absolute Gasteiger partial charge is 0.196 e. The van der Waals surface area contributed by atoms with Gasteiger partial charge in [-0.25, -0.2) is 4.39 Å². The lowest BCUT2D eigenvalue weighted by Gasteiger charge is -2.18. The molecule has 0 radical (unpaired) electrons. The number of fused-ring (bicyclic) bond motifs is 1. The standard InChI is InChI=1S/C16H12BrClFNO/c17-12-5-4-11(15(19)14(12)18)16(21)10-3-6-13-9(8-10)2-1-7-20-13/h3-6,8,20H,1-2,7H2. The Bertz CT molecular complexity index is 732. The Kier molecular flexibility index (Phi) is 4.00. The minimum atomic E-state index is -0.688. The Morgan fingerprint density at radius 2 is 2.10 bits per heavy atom. The van der Waals surface area contributed by atoms with Crippen LogP contribution < -0.4 is 5.32 Å². The number of anilines is 1. The molecule has 2 aromatic rings. The Hall–Kier alpha value is -1.39. The monoisotopic (exact) mass is 367 g/mol. The first-order valence-electron chi connectivity index (χ1n) is 6.63. The van der Waals surface area contributed by atoms with Gasteiger partial charge in [0, 0.05) is 22.3 Å². The molecule has 0 saturated carbocycles. The zero-order chi connectivity index (χ0) is 15.0. The lowest BCUT2D eigenvalue weighted by Crippen LogP contribution is -2.13. The van der Waals surface area contributed by atoms with Gasteiger partial charge in [0.25, 0.3) is 0 Å². The van der Waals surface area contributed by atoms with E-state index in [0.29, 0.717) is 10.0 Å². The molecule has 0 atom stereocenters. The molecule has 3 rings (SSSR count). The van der Waals surface area contributed by atoms with E-state index < -0.39 is 5.82 Å². The van der Waals surface area contributed by atoms with Crippen molar-refractivity contribution in [1.29, 1.82) is 0 Å². The Balaban J connectivity index is 2.01. The topological polar surface area (TPSA) is 29.1 Å². The third-order valence-corrected chi connectivity index (χ3v) is 4.84. The number of hydrogen-bond acceptors (Lipinski definition) is 2. The quantitative estimate of drug-likeness (QED) is 0.607. The minimum Gasteiger partial charge on any atom is -0.385 e. The van der Waals surface area contributed by atoms with E-state index in [4.69, 9.17) is 11.6 Å². The van der Waals surface area contributed by atoms with Crippen LogP contribution in [-0.2, 0) is 6.42 Å². The summed E-state index contributed by atoms with van der Waals surface area (Å²) < 4.78 is 14.6. The highest BCUT2D eigenvalue weighted by Crippen LogP contribution is 2.30. The Labute approximate surface area is 135 Å². The second-order valence-corrected chi connectivity index (χ2v) is 6.19. The molecule has 0 bridgehead atoms. The van der Waals surface area contributed by atoms with Crippen LogP contribution in [0.5, 0.6) is 0 Å². The number of carbonyl (C=O) groups is 1. The highest BCUT2D eigenvalue weighted by molar-refractivity contribution is 9.10. The molecule has 1 heterocycles. The van der Waals surface area contributed by atoms with Crippen molar-refractivity contribution in [2.24, 2.45) is 0 Å². The van der Waals surface area contributed by atoms with Crippen LogP contribution >= 0.6 is 27.5 Å². The molecular formula is C16H12BrClFNO. The van der Waals surface area contributed by atoms with Crippen LogP contribution in [0.25, 0.3) is 0 Å². The van der Waals surface area contributed by atoms with Gasteiger partial charge in [-0.2, -0.15) is 0 Å². The summed E-state index contributed by atoms with van der Waals surface area (Å²) in [5.41, 5.74) is 2.62. The summed E-state index contributed by atoms with van der Waals surface area (Å²) in [6.07, 6.45) is 1.95. The van der Waals surface area contributed by atoms with Gasteiger partial charge in [0.1, 0.15) is 0 Å². The second kappa shape index (κ2) is 5.78. The van der Waals surface area contributed by atoms with E-state index in [-0.39, 0.29) is 16.4 Å². The van der Waals surface area contributed by atoms with Gasteiger partial charge in [-0.1, -0.05) is 11.6 Å². The fraction of sp³-hybridized carbons (Fsp3) is 0.188. The predicted octanol–water partition coefficient (Wildman–Crippen LogP) is 4.83. The number of rotatable bonds is 2. The third kappa shape index (κ3) is 2.70. The number of carbonyl (C=O) groups excluding carboxylic acids is 1. The summed E-state index contributed by atoms with van der Waals surface area (Å²) in [6, 6.07) is 8.46. The van der Waals surface area contributed by atoms with Gasteiger partial charge < -0.3 is 5.32 Å². The molecule has 1 aliphatic rings. The first-order valence-corrected chi connectivity index (χ1v) is 7.80. The molecule has 5 heteroatoms. The van der Waals surface area contributed by atoms with E-state index in [1.807, 2.05) is 12.1 Å². The molecule has 0 fully saturated rings. The lowest BCUT2D eigenvalue weighted by molar-refractivity contribution is 0.103. The Morgan fingerprint density at radius 3 is 2.90 bits per heavy atom. The second-order valence-electron chi connectivity index (χ2n) is 4.95. The van der Waals surface area contributed by atoms with Crippen LogP contribution in [0.3, 0.4) is 0 Å². The van der Waals surface area contributed by atoms with E-state index in [0.717, 1.165) is 30.6 Å². The van der Waals surface area contributed by atoms with Gasteiger partial charge in [0.15, 0.2) is 11.6 Å². The van der Waals surface area contributed by atoms with Gasteiger partial charge in [-0.15, -0.1) is 0 Å². The van der Waals surface area contributed by atoms with Crippen molar-refractivity contribution in [3.63, 3.8) is 0 Å². The van der Waals surface area contributed by atoms with Crippen molar-refractivity contribution >= 4 is 39.0 Å². The molecule has 108 valence electrons. The first-order chi connectivity index (χ1) is 10.1. The largest absolute Gasteiger partial charge is 0.385 e. The summed E-state index contributed by atoms with van der Waals surface area (Å²) in [4.78, 5) is 12.5. The summed E-state index contributed by atoms with van der Waals surface area (Å²) in [7, 11) is 0. The maximum Gasteiger partial charge on any atom is 0.196 e. The molecule has 1 aliphatic heterocycles. The molecule has 0 saturated heterocycles. The predicted molar refractivity (Wildman–Crippen MR) is 85.8 cm³/mol. The van der Waals surface area contributed by atoms with Gasteiger partial charge in [-0.3, -0.25) is 4.79 Å². The van der Waals surface area contributed by atoms with Gasteiger partial charge in [0.2, 0.25) is 0 Å². The van der Waals surface area contributed by atoms with Gasteiger partial charge in [0.05, 0.1) is 10.6 Å². The Morgan fingerprint density at radius 1 is 1.29 bits per heavy atom. The molecular weight excluding hydrogens is 357 g/mol. The number of hydrogen-bond donors (Lipinski definition) is 1. The lowest BCUT2D eigenvalue weighted by atomic mass is 9.96. The third-order valence-electron chi connectivity index (χ3n) is 3.59. The van der Waals surface area contributed by atoms with Crippen molar-refractivity contribution in [3.05, 3.63) is 62.3 Å². The van der Waals surface area contributed by atoms with Gasteiger partial charge in [-0.05, 0) is 64.7 Å². The van der Waals surface area contributed by atoms with Crippen molar-refractivity contribution in [2.45, 2.75) is 12.8 Å². The van der Waals surface area contributed by atoms with E-state index in [1.54, 1.807) is 12.1 Å². The van der Waals surface area contributed by atoms with E-state index in [2.05, 4.69) is 21.2 Å². The molecule has 1 N–H and O–H groups in total. The fourth-order valence-corrected chi connectivity index (χ4v) is 2.94. The fourth-order valence-electron chi connectivity index (χ4n) is 2.47. The SMILES string of the molecule is O=C(c1ccc2c(c1)CCCN2)c1ccc(Br)c(Cl)c1F. The van der Waals surface area contributed by atoms with Crippen molar-refractivity contribution in [1.82, 2.24) is 0 Å². The average Bonchev–Trinajstić information content (AvgIpc) is 2.52. The maximum absolute atomic E-state index is 14.1. The van der Waals surface area contributed by atoms with Crippen molar-refractivity contribution in [2.75, 3.05) is 11.9 Å². The number of aryl methyl sites for hydroxylation is 1. The molecule has 0 unspecified atom stereocenters. The van der Waals surface area contributed by atoms with Gasteiger partial charge >= 0.3 is 0 Å². The molecule has 0 spiro atoms. The summed E-state index contributed by atoms with van der Waals surface area (Å²) in [5, 5.41) is 3.21. The van der Waals surface area contributed by atoms with Crippen LogP contribution in [-0.4, -0.2) is 12.3 Å². The molecule has 0 aromatic heterocycles. The molecule has 21 heavy (non-hydrogen) atoms. The minimum absolute atomic E-state index is 0.00748. The summed E-state index contributed by atoms with van der Waals surface area (Å²) in [6.45, 7) is 0.942. The van der Waals surface area contributed by atoms with Crippen LogP contribution in [0.15, 0.2) is 34.8 Å². The summed E-state index contributed by atoms with van der Waals surface area (Å²) in [5.74, 6) is -1.04. The number of benzene rings is 2. The van der Waals surface area contributed by atoms with E-state index in [9.17, 15) is 9.18 Å². The van der Waals surface area contributed by atoms with E-state index in [1.165, 1.54) is 6.07 Å². The van der Waals surface area contributed by atoms with Crippen LogP contribution in [0.4, 0.5) is 10.1 Å². The van der Waals surface area contributed by atoms with Crippen LogP contribution in [0.1, 0.15) is 27.9 Å². The number of nitrogens with one attached hydrogen (secondary N) is 1. The zero-order valence-electron chi connectivity index (χ0n) is 11.1. The molecule has 2 aromatic carbocycles. The molecule has 0 aliphatic carbocycles. The first kappa shape index (κ1) is 14.5.